The van der Waals surface area contributed by atoms with E-state index in [4.69, 9.17) is 5.73 Å². The first-order valence-electron chi connectivity index (χ1n) is 7.11. The van der Waals surface area contributed by atoms with Gasteiger partial charge < -0.3 is 16.4 Å². The van der Waals surface area contributed by atoms with Gasteiger partial charge in [0.1, 0.15) is 5.54 Å². The van der Waals surface area contributed by atoms with Gasteiger partial charge in [-0.05, 0) is 38.0 Å². The summed E-state index contributed by atoms with van der Waals surface area (Å²) in [6, 6.07) is 6.08. The van der Waals surface area contributed by atoms with Gasteiger partial charge in [0.2, 0.25) is 0 Å². The molecule has 4 amide bonds. The van der Waals surface area contributed by atoms with Crippen molar-refractivity contribution in [3.8, 4) is 0 Å². The largest absolute Gasteiger partial charge is 0.352 e. The van der Waals surface area contributed by atoms with Crippen molar-refractivity contribution in [2.24, 2.45) is 5.73 Å². The number of nitrogens with one attached hydrogen (secondary N) is 3. The number of nitrogens with two attached hydrogens (primary N) is 1. The van der Waals surface area contributed by atoms with Crippen LogP contribution in [-0.4, -0.2) is 30.4 Å². The summed E-state index contributed by atoms with van der Waals surface area (Å²) in [5.41, 5.74) is 5.61. The van der Waals surface area contributed by atoms with Crippen LogP contribution in [-0.2, 0) is 10.3 Å². The van der Waals surface area contributed by atoms with E-state index < -0.39 is 17.5 Å². The zero-order chi connectivity index (χ0) is 16.3. The minimum absolute atomic E-state index is 0.0344. The molecule has 1 aliphatic heterocycles. The van der Waals surface area contributed by atoms with Gasteiger partial charge in [-0.2, -0.15) is 0 Å². The molecule has 0 bridgehead atoms. The lowest BCUT2D eigenvalue weighted by molar-refractivity contribution is -0.123. The Morgan fingerprint density at radius 3 is 2.45 bits per heavy atom. The number of hydrogen-bond donors (Lipinski definition) is 4. The minimum atomic E-state index is -1.11. The molecule has 1 aromatic carbocycles. The predicted molar refractivity (Wildman–Crippen MR) is 81.1 cm³/mol. The van der Waals surface area contributed by atoms with Crippen LogP contribution in [0.5, 0.6) is 0 Å². The van der Waals surface area contributed by atoms with Crippen molar-refractivity contribution < 1.29 is 14.4 Å². The van der Waals surface area contributed by atoms with E-state index in [-0.39, 0.29) is 11.9 Å². The molecule has 0 aromatic heterocycles. The lowest BCUT2D eigenvalue weighted by Gasteiger charge is -2.21. The second-order valence-corrected chi connectivity index (χ2v) is 5.63. The smallest absolute Gasteiger partial charge is 0.322 e. The number of amides is 4. The van der Waals surface area contributed by atoms with E-state index in [1.165, 1.54) is 0 Å². The average molecular weight is 304 g/mol. The molecule has 7 nitrogen and oxygen atoms in total. The highest BCUT2D eigenvalue weighted by molar-refractivity contribution is 6.07. The predicted octanol–water partition coefficient (Wildman–Crippen LogP) is 0.208. The molecule has 0 saturated carbocycles. The third kappa shape index (κ3) is 3.25. The highest BCUT2D eigenvalue weighted by atomic mass is 16.2. The topological polar surface area (TPSA) is 113 Å². The summed E-state index contributed by atoms with van der Waals surface area (Å²) in [7, 11) is 0. The molecule has 2 rings (SSSR count). The van der Waals surface area contributed by atoms with Gasteiger partial charge in [-0.25, -0.2) is 4.79 Å². The number of carbonyl (C=O) groups excluding carboxylic acids is 3. The summed E-state index contributed by atoms with van der Waals surface area (Å²) in [5, 5.41) is 7.56. The van der Waals surface area contributed by atoms with Crippen molar-refractivity contribution in [3.63, 3.8) is 0 Å². The van der Waals surface area contributed by atoms with Crippen molar-refractivity contribution >= 4 is 17.8 Å². The summed E-state index contributed by atoms with van der Waals surface area (Å²) in [4.78, 5) is 35.1. The molecular formula is C15H20N4O3. The molecule has 2 unspecified atom stereocenters. The Morgan fingerprint density at radius 1 is 1.32 bits per heavy atom. The van der Waals surface area contributed by atoms with Gasteiger partial charge >= 0.3 is 6.03 Å². The highest BCUT2D eigenvalue weighted by Crippen LogP contribution is 2.24. The van der Waals surface area contributed by atoms with Crippen LogP contribution in [0.1, 0.15) is 36.2 Å². The maximum atomic E-state index is 12.0. The van der Waals surface area contributed by atoms with E-state index in [1.54, 1.807) is 31.2 Å². The SMILES string of the molecule is CC(N)CCNC(=O)c1ccc(C2(C)NC(=O)NC2=O)cc1. The molecule has 0 spiro atoms. The van der Waals surface area contributed by atoms with Crippen molar-refractivity contribution in [1.29, 1.82) is 0 Å². The van der Waals surface area contributed by atoms with Gasteiger partial charge in [-0.1, -0.05) is 12.1 Å². The molecule has 1 fully saturated rings. The molecule has 0 aliphatic carbocycles. The fourth-order valence-corrected chi connectivity index (χ4v) is 2.22. The van der Waals surface area contributed by atoms with Crippen molar-refractivity contribution in [2.45, 2.75) is 31.8 Å². The van der Waals surface area contributed by atoms with Crippen LogP contribution in [0.25, 0.3) is 0 Å². The number of rotatable bonds is 5. The second-order valence-electron chi connectivity index (χ2n) is 5.63. The summed E-state index contributed by atoms with van der Waals surface area (Å²) in [6.07, 6.45) is 0.702. The molecule has 1 aromatic rings. The molecule has 7 heteroatoms. The Hall–Kier alpha value is -2.41. The van der Waals surface area contributed by atoms with Gasteiger partial charge in [0, 0.05) is 18.2 Å². The maximum Gasteiger partial charge on any atom is 0.322 e. The number of benzene rings is 1. The molecule has 1 saturated heterocycles. The Kier molecular flexibility index (Phi) is 4.46. The zero-order valence-corrected chi connectivity index (χ0v) is 12.6. The molecule has 22 heavy (non-hydrogen) atoms. The van der Waals surface area contributed by atoms with E-state index in [0.717, 1.165) is 0 Å². The number of hydrogen-bond acceptors (Lipinski definition) is 4. The van der Waals surface area contributed by atoms with E-state index in [0.29, 0.717) is 24.1 Å². The molecule has 118 valence electrons. The quantitative estimate of drug-likeness (QED) is 0.582. The van der Waals surface area contributed by atoms with E-state index >= 15 is 0 Å². The van der Waals surface area contributed by atoms with E-state index in [9.17, 15) is 14.4 Å². The molecule has 1 aliphatic rings. The lowest BCUT2D eigenvalue weighted by Crippen LogP contribution is -2.40. The van der Waals surface area contributed by atoms with Crippen LogP contribution in [0.4, 0.5) is 4.79 Å². The first-order valence-corrected chi connectivity index (χ1v) is 7.11. The van der Waals surface area contributed by atoms with Crippen molar-refractivity contribution in [1.82, 2.24) is 16.0 Å². The molecule has 5 N–H and O–H groups in total. The Morgan fingerprint density at radius 2 is 1.95 bits per heavy atom. The standard InChI is InChI=1S/C15H20N4O3/c1-9(16)7-8-17-12(20)10-3-5-11(6-4-10)15(2)13(21)18-14(22)19-15/h3-6,9H,7-8,16H2,1-2H3,(H,17,20)(H2,18,19,21,22). The van der Waals surface area contributed by atoms with E-state index in [2.05, 4.69) is 16.0 Å². The average Bonchev–Trinajstić information content (AvgIpc) is 2.72. The van der Waals surface area contributed by atoms with E-state index in [1.807, 2.05) is 6.92 Å². The number of urea groups is 1. The minimum Gasteiger partial charge on any atom is -0.352 e. The van der Waals surface area contributed by atoms with Gasteiger partial charge in [-0.15, -0.1) is 0 Å². The molecule has 2 atom stereocenters. The number of imide groups is 1. The molecule has 1 heterocycles. The molecule has 0 radical (unpaired) electrons. The van der Waals surface area contributed by atoms with Crippen LogP contribution in [0.2, 0.25) is 0 Å². The van der Waals surface area contributed by atoms with Crippen molar-refractivity contribution in [2.75, 3.05) is 6.54 Å². The number of carbonyl (C=O) groups is 3. The van der Waals surface area contributed by atoms with Crippen LogP contribution >= 0.6 is 0 Å². The Balaban J connectivity index is 2.06. The monoisotopic (exact) mass is 304 g/mol. The Bertz CT molecular complexity index is 597. The fraction of sp³-hybridized carbons (Fsp3) is 0.400. The van der Waals surface area contributed by atoms with Crippen LogP contribution in [0.15, 0.2) is 24.3 Å². The van der Waals surface area contributed by atoms with Gasteiger partial charge in [0.15, 0.2) is 0 Å². The highest BCUT2D eigenvalue weighted by Gasteiger charge is 2.43. The van der Waals surface area contributed by atoms with Crippen LogP contribution < -0.4 is 21.7 Å². The second kappa shape index (κ2) is 6.15. The summed E-state index contributed by atoms with van der Waals surface area (Å²) in [6.45, 7) is 4.00. The van der Waals surface area contributed by atoms with Crippen LogP contribution in [0, 0.1) is 0 Å². The van der Waals surface area contributed by atoms with Gasteiger partial charge in [0.25, 0.3) is 11.8 Å². The molecular weight excluding hydrogens is 284 g/mol. The Labute approximate surface area is 128 Å². The first kappa shape index (κ1) is 16.0. The van der Waals surface area contributed by atoms with Crippen molar-refractivity contribution in [3.05, 3.63) is 35.4 Å². The maximum absolute atomic E-state index is 12.0. The summed E-state index contributed by atoms with van der Waals surface area (Å²) in [5.74, 6) is -0.608. The first-order chi connectivity index (χ1) is 10.3. The van der Waals surface area contributed by atoms with Gasteiger partial charge in [0.05, 0.1) is 0 Å². The third-order valence-corrected chi connectivity index (χ3v) is 3.65. The van der Waals surface area contributed by atoms with Gasteiger partial charge in [-0.3, -0.25) is 14.9 Å². The van der Waals surface area contributed by atoms with Crippen LogP contribution in [0.3, 0.4) is 0 Å². The lowest BCUT2D eigenvalue weighted by atomic mass is 9.91. The normalized spacial score (nSPS) is 22.0. The summed E-state index contributed by atoms with van der Waals surface area (Å²) >= 11 is 0. The third-order valence-electron chi connectivity index (χ3n) is 3.65. The summed E-state index contributed by atoms with van der Waals surface area (Å²) < 4.78 is 0. The fourth-order valence-electron chi connectivity index (χ4n) is 2.22. The zero-order valence-electron chi connectivity index (χ0n) is 12.6.